The molecule has 2 aromatic rings. The minimum absolute atomic E-state index is 0.284. The van der Waals surface area contributed by atoms with Gasteiger partial charge in [-0.25, -0.2) is 0 Å². The van der Waals surface area contributed by atoms with Gasteiger partial charge < -0.3 is 25.1 Å². The summed E-state index contributed by atoms with van der Waals surface area (Å²) >= 11 is 0. The van der Waals surface area contributed by atoms with Gasteiger partial charge in [-0.15, -0.1) is 0 Å². The quantitative estimate of drug-likeness (QED) is 0.385. The number of ether oxygens (including phenoxy) is 2. The van der Waals surface area contributed by atoms with Gasteiger partial charge in [-0.05, 0) is 43.4 Å². The van der Waals surface area contributed by atoms with Gasteiger partial charge in [0.15, 0.2) is 5.96 Å². The maximum absolute atomic E-state index is 5.66. The van der Waals surface area contributed by atoms with Gasteiger partial charge >= 0.3 is 0 Å². The number of aryl methyl sites for hydroxylation is 1. The average Bonchev–Trinajstić information content (AvgIpc) is 3.30. The Bertz CT molecular complexity index is 720. The number of aromatic amines is 1. The number of hydrogen-bond acceptors (Lipinski definition) is 3. The third-order valence-electron chi connectivity index (χ3n) is 4.77. The van der Waals surface area contributed by atoms with Gasteiger partial charge in [0.1, 0.15) is 0 Å². The van der Waals surface area contributed by atoms with Crippen LogP contribution in [0.1, 0.15) is 24.0 Å². The van der Waals surface area contributed by atoms with E-state index >= 15 is 0 Å². The molecule has 2 heterocycles. The van der Waals surface area contributed by atoms with E-state index in [1.54, 1.807) is 7.05 Å². The number of hydrogen-bond donors (Lipinski definition) is 3. The van der Waals surface area contributed by atoms with Crippen LogP contribution in [0.5, 0.6) is 0 Å². The Balaban J connectivity index is 1.36. The molecule has 1 aliphatic rings. The normalized spacial score (nSPS) is 17.8. The fraction of sp³-hybridized carbons (Fsp3) is 0.550. The molecule has 0 radical (unpaired) electrons. The van der Waals surface area contributed by atoms with E-state index in [0.29, 0.717) is 13.2 Å². The summed E-state index contributed by atoms with van der Waals surface area (Å²) < 4.78 is 11.2. The molecule has 6 heteroatoms. The monoisotopic (exact) mass is 358 g/mol. The Morgan fingerprint density at radius 2 is 2.23 bits per heavy atom. The molecule has 1 unspecified atom stereocenters. The molecule has 1 aromatic heterocycles. The molecule has 142 valence electrons. The fourth-order valence-electron chi connectivity index (χ4n) is 3.42. The van der Waals surface area contributed by atoms with Crippen molar-refractivity contribution in [1.82, 2.24) is 15.6 Å². The molecule has 1 fully saturated rings. The van der Waals surface area contributed by atoms with Crippen LogP contribution in [0, 0.1) is 6.92 Å². The Hall–Kier alpha value is -2.05. The van der Waals surface area contributed by atoms with E-state index in [0.717, 1.165) is 44.9 Å². The summed E-state index contributed by atoms with van der Waals surface area (Å²) in [5.41, 5.74) is 3.84. The summed E-state index contributed by atoms with van der Waals surface area (Å²) in [5, 5.41) is 7.99. The van der Waals surface area contributed by atoms with E-state index in [9.17, 15) is 0 Å². The van der Waals surface area contributed by atoms with Crippen molar-refractivity contribution in [3.05, 3.63) is 35.5 Å². The molecule has 6 nitrogen and oxygen atoms in total. The van der Waals surface area contributed by atoms with Crippen molar-refractivity contribution in [1.29, 1.82) is 0 Å². The molecule has 1 saturated heterocycles. The summed E-state index contributed by atoms with van der Waals surface area (Å²) in [6.07, 6.45) is 5.60. The van der Waals surface area contributed by atoms with Crippen LogP contribution < -0.4 is 10.6 Å². The third kappa shape index (κ3) is 4.99. The molecule has 0 saturated carbocycles. The van der Waals surface area contributed by atoms with Gasteiger partial charge in [0.2, 0.25) is 0 Å². The predicted molar refractivity (Wildman–Crippen MR) is 106 cm³/mol. The number of rotatable bonds is 8. The van der Waals surface area contributed by atoms with E-state index in [1.165, 1.54) is 22.0 Å². The molecule has 1 atom stereocenters. The summed E-state index contributed by atoms with van der Waals surface area (Å²) in [6.45, 7) is 5.94. The van der Waals surface area contributed by atoms with Crippen molar-refractivity contribution >= 4 is 16.9 Å². The number of fused-ring (bicyclic) bond motifs is 1. The lowest BCUT2D eigenvalue weighted by Gasteiger charge is -2.13. The van der Waals surface area contributed by atoms with Crippen LogP contribution in [0.25, 0.3) is 10.9 Å². The van der Waals surface area contributed by atoms with Crippen molar-refractivity contribution < 1.29 is 9.47 Å². The van der Waals surface area contributed by atoms with E-state index in [2.05, 4.69) is 51.9 Å². The first-order valence-electron chi connectivity index (χ1n) is 9.47. The van der Waals surface area contributed by atoms with Gasteiger partial charge in [0.05, 0.1) is 19.3 Å². The molecule has 26 heavy (non-hydrogen) atoms. The smallest absolute Gasteiger partial charge is 0.191 e. The van der Waals surface area contributed by atoms with Crippen LogP contribution in [-0.4, -0.2) is 57.0 Å². The minimum Gasteiger partial charge on any atom is -0.377 e. The van der Waals surface area contributed by atoms with Gasteiger partial charge in [-0.2, -0.15) is 0 Å². The fourth-order valence-corrected chi connectivity index (χ4v) is 3.42. The van der Waals surface area contributed by atoms with E-state index in [1.807, 2.05) is 0 Å². The first-order chi connectivity index (χ1) is 12.8. The molecule has 0 spiro atoms. The van der Waals surface area contributed by atoms with Crippen LogP contribution in [0.2, 0.25) is 0 Å². The number of nitrogens with one attached hydrogen (secondary N) is 3. The topological polar surface area (TPSA) is 70.7 Å². The van der Waals surface area contributed by atoms with E-state index < -0.39 is 0 Å². The third-order valence-corrected chi connectivity index (χ3v) is 4.77. The largest absolute Gasteiger partial charge is 0.377 e. The zero-order chi connectivity index (χ0) is 18.2. The molecule has 0 amide bonds. The Morgan fingerprint density at radius 3 is 3.04 bits per heavy atom. The average molecular weight is 358 g/mol. The molecule has 1 aliphatic heterocycles. The number of benzene rings is 1. The Kier molecular flexibility index (Phi) is 6.91. The molecular formula is C20H30N4O2. The molecule has 0 bridgehead atoms. The zero-order valence-corrected chi connectivity index (χ0v) is 15.8. The second kappa shape index (κ2) is 9.59. The minimum atomic E-state index is 0.284. The SMILES string of the molecule is CN=C(NCCOCC1CCCO1)NCCc1c[nH]c2cccc(C)c12. The lowest BCUT2D eigenvalue weighted by molar-refractivity contribution is 0.0191. The van der Waals surface area contributed by atoms with Crippen LogP contribution >= 0.6 is 0 Å². The highest BCUT2D eigenvalue weighted by atomic mass is 16.5. The van der Waals surface area contributed by atoms with Crippen LogP contribution in [0.15, 0.2) is 29.4 Å². The van der Waals surface area contributed by atoms with E-state index in [4.69, 9.17) is 9.47 Å². The highest BCUT2D eigenvalue weighted by molar-refractivity contribution is 5.86. The summed E-state index contributed by atoms with van der Waals surface area (Å²) in [6, 6.07) is 6.36. The van der Waals surface area contributed by atoms with Gasteiger partial charge in [-0.3, -0.25) is 4.99 Å². The van der Waals surface area contributed by atoms with Gasteiger partial charge in [0.25, 0.3) is 0 Å². The van der Waals surface area contributed by atoms with Gasteiger partial charge in [-0.1, -0.05) is 12.1 Å². The Labute approximate surface area is 155 Å². The maximum atomic E-state index is 5.66. The predicted octanol–water partition coefficient (Wildman–Crippen LogP) is 2.38. The standard InChI is InChI=1S/C20H30N4O2/c1-15-5-3-7-18-19(15)16(13-24-18)8-9-22-20(21-2)23-10-12-25-14-17-6-4-11-26-17/h3,5,7,13,17,24H,4,6,8-12,14H2,1-2H3,(H2,21,22,23). The van der Waals surface area contributed by atoms with Crippen molar-refractivity contribution in [3.8, 4) is 0 Å². The lowest BCUT2D eigenvalue weighted by Crippen LogP contribution is -2.40. The summed E-state index contributed by atoms with van der Waals surface area (Å²) in [7, 11) is 1.79. The van der Waals surface area contributed by atoms with Crippen molar-refractivity contribution in [2.45, 2.75) is 32.3 Å². The van der Waals surface area contributed by atoms with E-state index in [-0.39, 0.29) is 6.10 Å². The van der Waals surface area contributed by atoms with Crippen LogP contribution in [-0.2, 0) is 15.9 Å². The molecule has 3 rings (SSSR count). The number of aromatic nitrogens is 1. The van der Waals surface area contributed by atoms with Crippen molar-refractivity contribution in [2.75, 3.05) is 40.0 Å². The van der Waals surface area contributed by atoms with Gasteiger partial charge in [0, 0.05) is 43.8 Å². The van der Waals surface area contributed by atoms with Crippen LogP contribution in [0.3, 0.4) is 0 Å². The lowest BCUT2D eigenvalue weighted by atomic mass is 10.1. The van der Waals surface area contributed by atoms with Crippen LogP contribution in [0.4, 0.5) is 0 Å². The second-order valence-corrected chi connectivity index (χ2v) is 6.70. The Morgan fingerprint density at radius 1 is 1.35 bits per heavy atom. The second-order valence-electron chi connectivity index (χ2n) is 6.70. The first-order valence-corrected chi connectivity index (χ1v) is 9.47. The highest BCUT2D eigenvalue weighted by Crippen LogP contribution is 2.22. The number of aliphatic imine (C=N–C) groups is 1. The van der Waals surface area contributed by atoms with Crippen molar-refractivity contribution in [3.63, 3.8) is 0 Å². The highest BCUT2D eigenvalue weighted by Gasteiger charge is 2.15. The maximum Gasteiger partial charge on any atom is 0.191 e. The molecule has 0 aliphatic carbocycles. The molecule has 1 aromatic carbocycles. The first kappa shape index (κ1) is 18.7. The summed E-state index contributed by atoms with van der Waals surface area (Å²) in [4.78, 5) is 7.62. The zero-order valence-electron chi connectivity index (χ0n) is 15.8. The number of nitrogens with zero attached hydrogens (tertiary/aromatic N) is 1. The molecule has 3 N–H and O–H groups in total. The number of H-pyrrole nitrogens is 1. The molecular weight excluding hydrogens is 328 g/mol. The summed E-state index contributed by atoms with van der Waals surface area (Å²) in [5.74, 6) is 0.808. The number of guanidine groups is 1. The van der Waals surface area contributed by atoms with Crippen molar-refractivity contribution in [2.24, 2.45) is 4.99 Å².